The molecule has 4 nitrogen and oxygen atoms in total. The van der Waals surface area contributed by atoms with Crippen LogP contribution in [0.3, 0.4) is 0 Å². The van der Waals surface area contributed by atoms with E-state index in [0.717, 1.165) is 17.5 Å². The Morgan fingerprint density at radius 2 is 2.30 bits per heavy atom. The molecule has 0 aliphatic heterocycles. The lowest BCUT2D eigenvalue weighted by Gasteiger charge is -2.12. The number of amides is 1. The topological polar surface area (TPSA) is 57.8 Å². The highest BCUT2D eigenvalue weighted by Crippen LogP contribution is 2.19. The number of carbonyl (C=O) groups excluding carboxylic acids is 1. The molecule has 0 spiro atoms. The number of rotatable bonds is 4. The van der Waals surface area contributed by atoms with Gasteiger partial charge in [0.15, 0.2) is 0 Å². The lowest BCUT2D eigenvalue weighted by atomic mass is 9.97. The van der Waals surface area contributed by atoms with E-state index in [-0.39, 0.29) is 5.91 Å². The minimum atomic E-state index is -0.0158. The fourth-order valence-electron chi connectivity index (χ4n) is 2.65. The van der Waals surface area contributed by atoms with E-state index in [9.17, 15) is 4.79 Å². The van der Waals surface area contributed by atoms with Crippen LogP contribution >= 0.6 is 0 Å². The quantitative estimate of drug-likeness (QED) is 0.837. The molecule has 2 aromatic rings. The minimum absolute atomic E-state index is 0.0158. The Morgan fingerprint density at radius 1 is 1.35 bits per heavy atom. The van der Waals surface area contributed by atoms with Crippen LogP contribution in [0.2, 0.25) is 0 Å². The summed E-state index contributed by atoms with van der Waals surface area (Å²) < 4.78 is 0. The van der Waals surface area contributed by atoms with Crippen molar-refractivity contribution in [3.8, 4) is 0 Å². The van der Waals surface area contributed by atoms with E-state index in [4.69, 9.17) is 0 Å². The third-order valence-corrected chi connectivity index (χ3v) is 3.80. The van der Waals surface area contributed by atoms with Gasteiger partial charge in [-0.05, 0) is 50.3 Å². The molecule has 4 heteroatoms. The molecule has 1 aliphatic rings. The van der Waals surface area contributed by atoms with Gasteiger partial charge in [0.25, 0.3) is 5.91 Å². The third kappa shape index (κ3) is 2.90. The number of imidazole rings is 1. The van der Waals surface area contributed by atoms with Gasteiger partial charge in [-0.25, -0.2) is 4.98 Å². The Hall–Kier alpha value is -2.10. The molecular weight excluding hydrogens is 250 g/mol. The zero-order valence-corrected chi connectivity index (χ0v) is 11.5. The van der Waals surface area contributed by atoms with E-state index in [0.29, 0.717) is 12.1 Å². The van der Waals surface area contributed by atoms with E-state index in [1.165, 1.54) is 31.3 Å². The molecule has 20 heavy (non-hydrogen) atoms. The molecule has 0 unspecified atom stereocenters. The van der Waals surface area contributed by atoms with Crippen molar-refractivity contribution in [2.45, 2.75) is 32.1 Å². The molecule has 0 saturated heterocycles. The van der Waals surface area contributed by atoms with Crippen molar-refractivity contribution < 1.29 is 4.79 Å². The van der Waals surface area contributed by atoms with Crippen molar-refractivity contribution in [3.63, 3.8) is 0 Å². The SMILES string of the molecule is O=C(NCCC1=CCCCC1)c1ccc2nc[nH]c2c1. The summed E-state index contributed by atoms with van der Waals surface area (Å²) in [6.07, 6.45) is 9.92. The number of nitrogens with zero attached hydrogens (tertiary/aromatic N) is 1. The van der Waals surface area contributed by atoms with Gasteiger partial charge >= 0.3 is 0 Å². The third-order valence-electron chi connectivity index (χ3n) is 3.80. The molecule has 1 aromatic carbocycles. The standard InChI is InChI=1S/C16H19N3O/c20-16(17-9-8-12-4-2-1-3-5-12)13-6-7-14-15(10-13)19-11-18-14/h4,6-7,10-11H,1-3,5,8-9H2,(H,17,20)(H,18,19). The summed E-state index contributed by atoms with van der Waals surface area (Å²) in [6.45, 7) is 0.714. The summed E-state index contributed by atoms with van der Waals surface area (Å²) >= 11 is 0. The summed E-state index contributed by atoms with van der Waals surface area (Å²) in [5, 5.41) is 2.99. The van der Waals surface area contributed by atoms with Gasteiger partial charge in [0.1, 0.15) is 0 Å². The molecule has 3 rings (SSSR count). The second-order valence-electron chi connectivity index (χ2n) is 5.25. The largest absolute Gasteiger partial charge is 0.352 e. The van der Waals surface area contributed by atoms with Gasteiger partial charge in [-0.15, -0.1) is 0 Å². The molecular formula is C16H19N3O. The van der Waals surface area contributed by atoms with Crippen LogP contribution in [-0.4, -0.2) is 22.4 Å². The van der Waals surface area contributed by atoms with E-state index < -0.39 is 0 Å². The van der Waals surface area contributed by atoms with Crippen LogP contribution in [0.1, 0.15) is 42.5 Å². The van der Waals surface area contributed by atoms with Gasteiger partial charge in [-0.1, -0.05) is 11.6 Å². The van der Waals surface area contributed by atoms with Gasteiger partial charge in [0.2, 0.25) is 0 Å². The highest BCUT2D eigenvalue weighted by atomic mass is 16.1. The highest BCUT2D eigenvalue weighted by molar-refractivity contribution is 5.97. The van der Waals surface area contributed by atoms with Crippen molar-refractivity contribution in [3.05, 3.63) is 41.7 Å². The van der Waals surface area contributed by atoms with E-state index in [1.807, 2.05) is 18.2 Å². The molecule has 0 radical (unpaired) electrons. The van der Waals surface area contributed by atoms with Crippen LogP contribution < -0.4 is 5.32 Å². The van der Waals surface area contributed by atoms with Gasteiger partial charge in [-0.2, -0.15) is 0 Å². The van der Waals surface area contributed by atoms with Crippen LogP contribution in [0.25, 0.3) is 11.0 Å². The Balaban J connectivity index is 1.57. The number of aromatic nitrogens is 2. The van der Waals surface area contributed by atoms with Crippen molar-refractivity contribution in [1.29, 1.82) is 0 Å². The number of nitrogens with one attached hydrogen (secondary N) is 2. The molecule has 0 saturated carbocycles. The van der Waals surface area contributed by atoms with Gasteiger partial charge in [-0.3, -0.25) is 4.79 Å². The number of aromatic amines is 1. The Kier molecular flexibility index (Phi) is 3.81. The normalized spacial score (nSPS) is 15.1. The number of hydrogen-bond acceptors (Lipinski definition) is 2. The average molecular weight is 269 g/mol. The first-order valence-electron chi connectivity index (χ1n) is 7.22. The lowest BCUT2D eigenvalue weighted by molar-refractivity contribution is 0.0954. The lowest BCUT2D eigenvalue weighted by Crippen LogP contribution is -2.24. The number of H-pyrrole nitrogens is 1. The smallest absolute Gasteiger partial charge is 0.251 e. The fraction of sp³-hybridized carbons (Fsp3) is 0.375. The zero-order valence-electron chi connectivity index (χ0n) is 11.5. The summed E-state index contributed by atoms with van der Waals surface area (Å²) in [5.74, 6) is -0.0158. The first kappa shape index (κ1) is 12.9. The predicted octanol–water partition coefficient (Wildman–Crippen LogP) is 3.18. The predicted molar refractivity (Wildman–Crippen MR) is 79.6 cm³/mol. The van der Waals surface area contributed by atoms with E-state index in [2.05, 4.69) is 21.4 Å². The minimum Gasteiger partial charge on any atom is -0.352 e. The maximum absolute atomic E-state index is 12.1. The molecule has 0 fully saturated rings. The van der Waals surface area contributed by atoms with Crippen molar-refractivity contribution in [2.24, 2.45) is 0 Å². The summed E-state index contributed by atoms with van der Waals surface area (Å²) in [4.78, 5) is 19.3. The monoisotopic (exact) mass is 269 g/mol. The zero-order chi connectivity index (χ0) is 13.8. The number of benzene rings is 1. The summed E-state index contributed by atoms with van der Waals surface area (Å²) in [5.41, 5.74) is 3.95. The Labute approximate surface area is 118 Å². The number of fused-ring (bicyclic) bond motifs is 1. The van der Waals surface area contributed by atoms with E-state index >= 15 is 0 Å². The molecule has 0 atom stereocenters. The Bertz CT molecular complexity index is 642. The molecule has 2 N–H and O–H groups in total. The maximum Gasteiger partial charge on any atom is 0.251 e. The second-order valence-corrected chi connectivity index (χ2v) is 5.25. The van der Waals surface area contributed by atoms with E-state index in [1.54, 1.807) is 6.33 Å². The molecule has 1 heterocycles. The van der Waals surface area contributed by atoms with Gasteiger partial charge in [0.05, 0.1) is 17.4 Å². The molecule has 1 amide bonds. The van der Waals surface area contributed by atoms with Crippen LogP contribution in [0.15, 0.2) is 36.2 Å². The maximum atomic E-state index is 12.1. The van der Waals surface area contributed by atoms with Crippen LogP contribution in [-0.2, 0) is 0 Å². The molecule has 104 valence electrons. The van der Waals surface area contributed by atoms with Crippen LogP contribution in [0.4, 0.5) is 0 Å². The van der Waals surface area contributed by atoms with Crippen LogP contribution in [0, 0.1) is 0 Å². The average Bonchev–Trinajstić information content (AvgIpc) is 2.95. The van der Waals surface area contributed by atoms with Crippen molar-refractivity contribution in [1.82, 2.24) is 15.3 Å². The van der Waals surface area contributed by atoms with Crippen molar-refractivity contribution in [2.75, 3.05) is 6.54 Å². The van der Waals surface area contributed by atoms with Gasteiger partial charge < -0.3 is 10.3 Å². The number of allylic oxidation sites excluding steroid dienone is 1. The molecule has 0 bridgehead atoms. The number of carbonyl (C=O) groups is 1. The first-order chi connectivity index (χ1) is 9.83. The fourth-order valence-corrected chi connectivity index (χ4v) is 2.65. The molecule has 1 aliphatic carbocycles. The number of hydrogen-bond donors (Lipinski definition) is 2. The highest BCUT2D eigenvalue weighted by Gasteiger charge is 2.08. The summed E-state index contributed by atoms with van der Waals surface area (Å²) in [6, 6.07) is 5.53. The first-order valence-corrected chi connectivity index (χ1v) is 7.22. The summed E-state index contributed by atoms with van der Waals surface area (Å²) in [7, 11) is 0. The molecule has 1 aromatic heterocycles. The van der Waals surface area contributed by atoms with Gasteiger partial charge in [0, 0.05) is 12.1 Å². The Morgan fingerprint density at radius 3 is 3.15 bits per heavy atom. The van der Waals surface area contributed by atoms with Crippen molar-refractivity contribution >= 4 is 16.9 Å². The van der Waals surface area contributed by atoms with Crippen LogP contribution in [0.5, 0.6) is 0 Å². The second kappa shape index (κ2) is 5.90.